The summed E-state index contributed by atoms with van der Waals surface area (Å²) in [6, 6.07) is 10.4. The first-order valence-electron chi connectivity index (χ1n) is 7.72. The molecule has 0 saturated heterocycles. The van der Waals surface area contributed by atoms with E-state index in [2.05, 4.69) is 10.6 Å². The first-order chi connectivity index (χ1) is 12.2. The number of rotatable bonds is 4. The van der Waals surface area contributed by atoms with Gasteiger partial charge in [-0.3, -0.25) is 9.59 Å². The molecule has 0 aliphatic carbocycles. The van der Waals surface area contributed by atoms with Gasteiger partial charge in [0.05, 0.1) is 17.4 Å². The zero-order chi connectivity index (χ0) is 19.3. The standard InChI is InChI=1S/C18H17F3N2O3/c1-11(2)26-15-6-4-3-5-14(15)23-17(25)16(24)22-13-9-7-12(8-10-13)18(19,20)21/h3-11H,1-2H3,(H,22,24)(H,23,25). The van der Waals surface area contributed by atoms with E-state index in [9.17, 15) is 22.8 Å². The quantitative estimate of drug-likeness (QED) is 0.802. The van der Waals surface area contributed by atoms with Crippen molar-refractivity contribution < 1.29 is 27.5 Å². The number of carbonyl (C=O) groups excluding carboxylic acids is 2. The van der Waals surface area contributed by atoms with Crippen LogP contribution in [0.5, 0.6) is 5.75 Å². The van der Waals surface area contributed by atoms with Crippen molar-refractivity contribution in [1.29, 1.82) is 0 Å². The topological polar surface area (TPSA) is 67.4 Å². The third-order valence-corrected chi connectivity index (χ3v) is 3.17. The lowest BCUT2D eigenvalue weighted by atomic mass is 10.2. The predicted molar refractivity (Wildman–Crippen MR) is 90.9 cm³/mol. The minimum absolute atomic E-state index is 0.0739. The number of anilines is 2. The van der Waals surface area contributed by atoms with Gasteiger partial charge < -0.3 is 15.4 Å². The molecule has 2 rings (SSSR count). The fraction of sp³-hybridized carbons (Fsp3) is 0.222. The molecule has 5 nitrogen and oxygen atoms in total. The van der Waals surface area contributed by atoms with Gasteiger partial charge >= 0.3 is 18.0 Å². The third kappa shape index (κ3) is 5.23. The van der Waals surface area contributed by atoms with Crippen LogP contribution < -0.4 is 15.4 Å². The molecule has 0 radical (unpaired) electrons. The van der Waals surface area contributed by atoms with Crippen LogP contribution in [0, 0.1) is 0 Å². The molecule has 0 unspecified atom stereocenters. The number of benzene rings is 2. The Morgan fingerprint density at radius 3 is 2.08 bits per heavy atom. The zero-order valence-electron chi connectivity index (χ0n) is 14.1. The third-order valence-electron chi connectivity index (χ3n) is 3.17. The molecule has 2 amide bonds. The van der Waals surface area contributed by atoms with Crippen LogP contribution in [-0.2, 0) is 15.8 Å². The number of hydrogen-bond donors (Lipinski definition) is 2. The van der Waals surface area contributed by atoms with Crippen molar-refractivity contribution in [1.82, 2.24) is 0 Å². The Hall–Kier alpha value is -3.03. The zero-order valence-corrected chi connectivity index (χ0v) is 14.1. The largest absolute Gasteiger partial charge is 0.489 e. The van der Waals surface area contributed by atoms with Crippen molar-refractivity contribution in [3.8, 4) is 5.75 Å². The van der Waals surface area contributed by atoms with Gasteiger partial charge in [0.1, 0.15) is 5.75 Å². The molecule has 0 aliphatic rings. The maximum atomic E-state index is 12.5. The first kappa shape index (κ1) is 19.3. The number of carbonyl (C=O) groups is 2. The molecule has 138 valence electrons. The highest BCUT2D eigenvalue weighted by atomic mass is 19.4. The molecule has 26 heavy (non-hydrogen) atoms. The van der Waals surface area contributed by atoms with Gasteiger partial charge in [-0.1, -0.05) is 12.1 Å². The molecule has 0 aromatic heterocycles. The summed E-state index contributed by atoms with van der Waals surface area (Å²) in [6.45, 7) is 3.63. The highest BCUT2D eigenvalue weighted by molar-refractivity contribution is 6.43. The average molecular weight is 366 g/mol. The molecule has 0 heterocycles. The molecule has 0 aliphatic heterocycles. The van der Waals surface area contributed by atoms with Gasteiger partial charge in [-0.15, -0.1) is 0 Å². The molecule has 2 aromatic carbocycles. The van der Waals surface area contributed by atoms with E-state index >= 15 is 0 Å². The molecule has 0 saturated carbocycles. The Kier molecular flexibility index (Phi) is 5.86. The van der Waals surface area contributed by atoms with Gasteiger partial charge in [-0.2, -0.15) is 13.2 Å². The summed E-state index contributed by atoms with van der Waals surface area (Å²) in [7, 11) is 0. The highest BCUT2D eigenvalue weighted by Gasteiger charge is 2.30. The van der Waals surface area contributed by atoms with E-state index in [0.29, 0.717) is 11.4 Å². The number of halogens is 3. The maximum absolute atomic E-state index is 12.5. The lowest BCUT2D eigenvalue weighted by Crippen LogP contribution is -2.29. The molecule has 2 aromatic rings. The van der Waals surface area contributed by atoms with Crippen LogP contribution in [0.2, 0.25) is 0 Å². The van der Waals surface area contributed by atoms with Crippen LogP contribution in [0.4, 0.5) is 24.5 Å². The molecule has 0 fully saturated rings. The summed E-state index contributed by atoms with van der Waals surface area (Å²) in [5.41, 5.74) is -0.460. The summed E-state index contributed by atoms with van der Waals surface area (Å²) >= 11 is 0. The molecular weight excluding hydrogens is 349 g/mol. The van der Waals surface area contributed by atoms with Gasteiger partial charge in [0, 0.05) is 5.69 Å². The lowest BCUT2D eigenvalue weighted by molar-refractivity contribution is -0.137. The van der Waals surface area contributed by atoms with E-state index in [1.165, 1.54) is 0 Å². The van der Waals surface area contributed by atoms with Crippen LogP contribution in [0.15, 0.2) is 48.5 Å². The SMILES string of the molecule is CC(C)Oc1ccccc1NC(=O)C(=O)Nc1ccc(C(F)(F)F)cc1. The van der Waals surface area contributed by atoms with E-state index in [1.54, 1.807) is 24.3 Å². The van der Waals surface area contributed by atoms with Gasteiger partial charge in [-0.05, 0) is 50.2 Å². The number of para-hydroxylation sites is 2. The minimum atomic E-state index is -4.47. The van der Waals surface area contributed by atoms with Gasteiger partial charge in [-0.25, -0.2) is 0 Å². The predicted octanol–water partition coefficient (Wildman–Crippen LogP) is 4.07. The van der Waals surface area contributed by atoms with Crippen molar-refractivity contribution in [2.75, 3.05) is 10.6 Å². The van der Waals surface area contributed by atoms with Crippen LogP contribution >= 0.6 is 0 Å². The van der Waals surface area contributed by atoms with Crippen molar-refractivity contribution >= 4 is 23.2 Å². The first-order valence-corrected chi connectivity index (χ1v) is 7.72. The van der Waals surface area contributed by atoms with E-state index in [-0.39, 0.29) is 11.8 Å². The van der Waals surface area contributed by atoms with Crippen LogP contribution in [0.25, 0.3) is 0 Å². The molecule has 0 bridgehead atoms. The summed E-state index contributed by atoms with van der Waals surface area (Å²) in [5, 5.41) is 4.66. The second-order valence-corrected chi connectivity index (χ2v) is 5.65. The fourth-order valence-electron chi connectivity index (χ4n) is 2.04. The summed E-state index contributed by atoms with van der Waals surface area (Å²) in [4.78, 5) is 24.0. The Bertz CT molecular complexity index is 787. The molecule has 0 atom stereocenters. The molecule has 2 N–H and O–H groups in total. The van der Waals surface area contributed by atoms with Crippen molar-refractivity contribution in [2.24, 2.45) is 0 Å². The lowest BCUT2D eigenvalue weighted by Gasteiger charge is -2.14. The number of ether oxygens (including phenoxy) is 1. The van der Waals surface area contributed by atoms with Crippen molar-refractivity contribution in [2.45, 2.75) is 26.1 Å². The molecular formula is C18H17F3N2O3. The smallest absolute Gasteiger partial charge is 0.416 e. The second kappa shape index (κ2) is 7.90. The number of nitrogens with one attached hydrogen (secondary N) is 2. The summed E-state index contributed by atoms with van der Waals surface area (Å²) in [6.07, 6.45) is -4.60. The number of hydrogen-bond acceptors (Lipinski definition) is 3. The van der Waals surface area contributed by atoms with Gasteiger partial charge in [0.15, 0.2) is 0 Å². The Balaban J connectivity index is 2.03. The molecule has 8 heteroatoms. The number of amides is 2. The fourth-order valence-corrected chi connectivity index (χ4v) is 2.04. The Morgan fingerprint density at radius 1 is 0.923 bits per heavy atom. The monoisotopic (exact) mass is 366 g/mol. The maximum Gasteiger partial charge on any atom is 0.416 e. The van der Waals surface area contributed by atoms with Crippen LogP contribution in [0.3, 0.4) is 0 Å². The average Bonchev–Trinajstić information content (AvgIpc) is 2.55. The number of alkyl halides is 3. The summed E-state index contributed by atoms with van der Waals surface area (Å²) in [5.74, 6) is -1.58. The summed E-state index contributed by atoms with van der Waals surface area (Å²) < 4.78 is 43.1. The van der Waals surface area contributed by atoms with E-state index < -0.39 is 23.6 Å². The van der Waals surface area contributed by atoms with Gasteiger partial charge in [0.25, 0.3) is 0 Å². The van der Waals surface area contributed by atoms with E-state index in [1.807, 2.05) is 13.8 Å². The van der Waals surface area contributed by atoms with Crippen molar-refractivity contribution in [3.63, 3.8) is 0 Å². The normalized spacial score (nSPS) is 11.2. The van der Waals surface area contributed by atoms with Crippen LogP contribution in [0.1, 0.15) is 19.4 Å². The Morgan fingerprint density at radius 2 is 1.50 bits per heavy atom. The Labute approximate surface area is 148 Å². The minimum Gasteiger partial charge on any atom is -0.489 e. The van der Waals surface area contributed by atoms with Crippen molar-refractivity contribution in [3.05, 3.63) is 54.1 Å². The second-order valence-electron chi connectivity index (χ2n) is 5.65. The van der Waals surface area contributed by atoms with E-state index in [4.69, 9.17) is 4.74 Å². The highest BCUT2D eigenvalue weighted by Crippen LogP contribution is 2.30. The van der Waals surface area contributed by atoms with Gasteiger partial charge in [0.2, 0.25) is 0 Å². The van der Waals surface area contributed by atoms with E-state index in [0.717, 1.165) is 24.3 Å². The molecule has 0 spiro atoms. The van der Waals surface area contributed by atoms with Crippen LogP contribution in [-0.4, -0.2) is 17.9 Å².